The summed E-state index contributed by atoms with van der Waals surface area (Å²) in [5.74, 6) is -2.93. The van der Waals surface area contributed by atoms with E-state index in [0.29, 0.717) is 23.5 Å². The second-order valence-electron chi connectivity index (χ2n) is 8.66. The van der Waals surface area contributed by atoms with E-state index in [1.807, 2.05) is 6.92 Å². The molecule has 0 saturated carbocycles. The Labute approximate surface area is 203 Å². The van der Waals surface area contributed by atoms with Crippen LogP contribution in [0.2, 0.25) is 0 Å². The van der Waals surface area contributed by atoms with Crippen LogP contribution in [0.1, 0.15) is 38.3 Å². The van der Waals surface area contributed by atoms with Crippen LogP contribution in [-0.4, -0.2) is 44.1 Å². The molecule has 8 nitrogen and oxygen atoms in total. The number of anilines is 1. The van der Waals surface area contributed by atoms with Crippen LogP contribution in [0.15, 0.2) is 42.5 Å². The molecule has 2 aliphatic rings. The molecule has 9 heteroatoms. The number of carbonyl (C=O) groups is 3. The van der Waals surface area contributed by atoms with Gasteiger partial charge in [0.05, 0.1) is 38.3 Å². The SMILES string of the molecule is CCC[C@]1(C(=O)OCC)N[C@@H](c2ccc(OC)cc2OC)[C@H]2C(=O)N(c3ccc(F)cc3)C(=O)[C@@H]21. The maximum Gasteiger partial charge on any atom is 0.327 e. The van der Waals surface area contributed by atoms with Crippen molar-refractivity contribution in [2.75, 3.05) is 25.7 Å². The Morgan fingerprint density at radius 1 is 1.06 bits per heavy atom. The molecule has 1 N–H and O–H groups in total. The number of amides is 2. The Hall–Kier alpha value is -3.46. The number of benzene rings is 2. The quantitative estimate of drug-likeness (QED) is 0.453. The Bertz CT molecular complexity index is 1140. The third-order valence-electron chi connectivity index (χ3n) is 6.80. The zero-order chi connectivity index (χ0) is 25.3. The number of rotatable bonds is 8. The van der Waals surface area contributed by atoms with Gasteiger partial charge in [0.15, 0.2) is 0 Å². The van der Waals surface area contributed by atoms with Gasteiger partial charge in [-0.2, -0.15) is 0 Å². The lowest BCUT2D eigenvalue weighted by Gasteiger charge is -2.32. The van der Waals surface area contributed by atoms with Crippen molar-refractivity contribution in [2.24, 2.45) is 11.8 Å². The van der Waals surface area contributed by atoms with Crippen LogP contribution in [0.25, 0.3) is 0 Å². The summed E-state index contributed by atoms with van der Waals surface area (Å²) in [5.41, 5.74) is -0.537. The molecule has 2 aliphatic heterocycles. The van der Waals surface area contributed by atoms with Gasteiger partial charge in [0, 0.05) is 17.7 Å². The third-order valence-corrected chi connectivity index (χ3v) is 6.80. The fourth-order valence-electron chi connectivity index (χ4n) is 5.36. The molecule has 186 valence electrons. The van der Waals surface area contributed by atoms with Crippen LogP contribution in [0, 0.1) is 17.7 Å². The van der Waals surface area contributed by atoms with Gasteiger partial charge in [0.1, 0.15) is 22.9 Å². The number of halogens is 1. The first-order chi connectivity index (χ1) is 16.8. The van der Waals surface area contributed by atoms with Crippen molar-refractivity contribution >= 4 is 23.5 Å². The lowest BCUT2D eigenvalue weighted by Crippen LogP contribution is -2.56. The first-order valence-electron chi connectivity index (χ1n) is 11.6. The Morgan fingerprint density at radius 2 is 1.77 bits per heavy atom. The minimum Gasteiger partial charge on any atom is -0.497 e. The minimum absolute atomic E-state index is 0.129. The number of fused-ring (bicyclic) bond motifs is 1. The molecule has 2 saturated heterocycles. The molecular formula is C26H29FN2O6. The predicted molar refractivity (Wildman–Crippen MR) is 126 cm³/mol. The topological polar surface area (TPSA) is 94.2 Å². The van der Waals surface area contributed by atoms with E-state index in [0.717, 1.165) is 4.90 Å². The van der Waals surface area contributed by atoms with Crippen molar-refractivity contribution in [3.05, 3.63) is 53.8 Å². The van der Waals surface area contributed by atoms with Crippen LogP contribution < -0.4 is 19.7 Å². The maximum atomic E-state index is 13.8. The van der Waals surface area contributed by atoms with Gasteiger partial charge >= 0.3 is 5.97 Å². The van der Waals surface area contributed by atoms with Crippen LogP contribution in [0.5, 0.6) is 11.5 Å². The molecule has 0 bridgehead atoms. The van der Waals surface area contributed by atoms with E-state index in [1.165, 1.54) is 38.5 Å². The zero-order valence-corrected chi connectivity index (χ0v) is 20.2. The van der Waals surface area contributed by atoms with E-state index in [4.69, 9.17) is 14.2 Å². The normalized spacial score (nSPS) is 25.5. The van der Waals surface area contributed by atoms with E-state index < -0.39 is 47.0 Å². The Kier molecular flexibility index (Phi) is 6.80. The van der Waals surface area contributed by atoms with Crippen LogP contribution >= 0.6 is 0 Å². The van der Waals surface area contributed by atoms with E-state index in [9.17, 15) is 18.8 Å². The van der Waals surface area contributed by atoms with E-state index in [-0.39, 0.29) is 18.7 Å². The first kappa shape index (κ1) is 24.7. The largest absolute Gasteiger partial charge is 0.497 e. The van der Waals surface area contributed by atoms with Crippen molar-refractivity contribution in [3.8, 4) is 11.5 Å². The van der Waals surface area contributed by atoms with Gasteiger partial charge in [-0.15, -0.1) is 0 Å². The van der Waals surface area contributed by atoms with E-state index in [1.54, 1.807) is 25.1 Å². The van der Waals surface area contributed by atoms with Crippen LogP contribution in [0.4, 0.5) is 10.1 Å². The van der Waals surface area contributed by atoms with Gasteiger partial charge in [-0.25, -0.2) is 9.29 Å². The number of nitrogens with one attached hydrogen (secondary N) is 1. The molecule has 0 aromatic heterocycles. The predicted octanol–water partition coefficient (Wildman–Crippen LogP) is 3.40. The average molecular weight is 485 g/mol. The highest BCUT2D eigenvalue weighted by Gasteiger charge is 2.68. The highest BCUT2D eigenvalue weighted by atomic mass is 19.1. The molecule has 0 spiro atoms. The summed E-state index contributed by atoms with van der Waals surface area (Å²) in [5, 5.41) is 3.34. The molecule has 2 heterocycles. The van der Waals surface area contributed by atoms with Gasteiger partial charge in [0.25, 0.3) is 0 Å². The van der Waals surface area contributed by atoms with E-state index in [2.05, 4.69) is 5.32 Å². The molecule has 2 aromatic rings. The number of ether oxygens (including phenoxy) is 3. The smallest absolute Gasteiger partial charge is 0.327 e. The van der Waals surface area contributed by atoms with E-state index >= 15 is 0 Å². The van der Waals surface area contributed by atoms with Crippen LogP contribution in [-0.2, 0) is 19.1 Å². The summed E-state index contributed by atoms with van der Waals surface area (Å²) in [6, 6.07) is 9.63. The van der Waals surface area contributed by atoms with Crippen molar-refractivity contribution < 1.29 is 33.0 Å². The molecule has 4 rings (SSSR count). The third kappa shape index (κ3) is 3.93. The molecule has 0 unspecified atom stereocenters. The molecule has 2 aromatic carbocycles. The molecule has 2 fully saturated rings. The lowest BCUT2D eigenvalue weighted by molar-refractivity contribution is -0.155. The summed E-state index contributed by atoms with van der Waals surface area (Å²) >= 11 is 0. The minimum atomic E-state index is -1.41. The van der Waals surface area contributed by atoms with Crippen molar-refractivity contribution in [2.45, 2.75) is 38.3 Å². The van der Waals surface area contributed by atoms with Gasteiger partial charge < -0.3 is 14.2 Å². The number of nitrogens with zero attached hydrogens (tertiary/aromatic N) is 1. The van der Waals surface area contributed by atoms with Crippen LogP contribution in [0.3, 0.4) is 0 Å². The van der Waals surface area contributed by atoms with Crippen molar-refractivity contribution in [3.63, 3.8) is 0 Å². The highest BCUT2D eigenvalue weighted by Crippen LogP contribution is 2.53. The molecular weight excluding hydrogens is 455 g/mol. The number of imide groups is 1. The molecule has 4 atom stereocenters. The number of carbonyl (C=O) groups excluding carboxylic acids is 3. The lowest BCUT2D eigenvalue weighted by atomic mass is 9.77. The molecule has 0 radical (unpaired) electrons. The zero-order valence-electron chi connectivity index (χ0n) is 20.2. The van der Waals surface area contributed by atoms with Gasteiger partial charge in [-0.3, -0.25) is 19.7 Å². The number of esters is 1. The second kappa shape index (κ2) is 9.65. The summed E-state index contributed by atoms with van der Waals surface area (Å²) < 4.78 is 29.9. The standard InChI is InChI=1S/C26H29FN2O6/c1-5-13-26(25(32)35-6-2)21-20(22(28-26)18-12-11-17(33-3)14-19(18)34-4)23(30)29(24(21)31)16-9-7-15(27)8-10-16/h7-12,14,20-22,28H,5-6,13H2,1-4H3/t20-,21+,22-,26-/m0/s1. The average Bonchev–Trinajstić information content (AvgIpc) is 3.33. The summed E-state index contributed by atoms with van der Waals surface area (Å²) in [6.45, 7) is 3.72. The fraction of sp³-hybridized carbons (Fsp3) is 0.423. The number of hydrogen-bond acceptors (Lipinski definition) is 7. The summed E-state index contributed by atoms with van der Waals surface area (Å²) in [6.07, 6.45) is 0.859. The number of methoxy groups -OCH3 is 2. The fourth-order valence-corrected chi connectivity index (χ4v) is 5.36. The summed E-state index contributed by atoms with van der Waals surface area (Å²) in [7, 11) is 3.03. The molecule has 0 aliphatic carbocycles. The van der Waals surface area contributed by atoms with Gasteiger partial charge in [-0.05, 0) is 43.7 Å². The van der Waals surface area contributed by atoms with Crippen molar-refractivity contribution in [1.82, 2.24) is 5.32 Å². The Balaban J connectivity index is 1.88. The first-order valence-corrected chi connectivity index (χ1v) is 11.6. The monoisotopic (exact) mass is 484 g/mol. The second-order valence-corrected chi connectivity index (χ2v) is 8.66. The molecule has 2 amide bonds. The summed E-state index contributed by atoms with van der Waals surface area (Å²) in [4.78, 5) is 42.1. The Morgan fingerprint density at radius 3 is 2.37 bits per heavy atom. The van der Waals surface area contributed by atoms with Gasteiger partial charge in [0.2, 0.25) is 11.8 Å². The van der Waals surface area contributed by atoms with Gasteiger partial charge in [-0.1, -0.05) is 19.4 Å². The molecule has 35 heavy (non-hydrogen) atoms. The number of hydrogen-bond donors (Lipinski definition) is 1. The highest BCUT2D eigenvalue weighted by molar-refractivity contribution is 6.24. The van der Waals surface area contributed by atoms with Crippen molar-refractivity contribution in [1.29, 1.82) is 0 Å². The maximum absolute atomic E-state index is 13.8.